The van der Waals surface area contributed by atoms with Crippen LogP contribution in [0.2, 0.25) is 0 Å². The molecule has 0 saturated heterocycles. The monoisotopic (exact) mass is 330 g/mol. The molecule has 3 heteroatoms. The highest BCUT2D eigenvalue weighted by Gasteiger charge is 2.63. The van der Waals surface area contributed by atoms with Crippen LogP contribution in [0.1, 0.15) is 63.0 Å². The lowest BCUT2D eigenvalue weighted by molar-refractivity contribution is -0.159. The van der Waals surface area contributed by atoms with Crippen LogP contribution in [0.3, 0.4) is 0 Å². The minimum Gasteiger partial charge on any atom is -0.497 e. The Bertz CT molecular complexity index is 640. The van der Waals surface area contributed by atoms with Crippen molar-refractivity contribution < 1.29 is 14.9 Å². The molecule has 6 atom stereocenters. The third-order valence-corrected chi connectivity index (χ3v) is 7.84. The largest absolute Gasteiger partial charge is 0.497 e. The molecular formula is C21H30O3. The van der Waals surface area contributed by atoms with Gasteiger partial charge in [-0.15, -0.1) is 0 Å². The van der Waals surface area contributed by atoms with Gasteiger partial charge in [-0.2, -0.15) is 0 Å². The molecular weight excluding hydrogens is 300 g/mol. The van der Waals surface area contributed by atoms with E-state index in [9.17, 15) is 10.2 Å². The Kier molecular flexibility index (Phi) is 3.74. The Morgan fingerprint density at radius 1 is 1.21 bits per heavy atom. The molecule has 0 amide bonds. The average Bonchev–Trinajstić information content (AvgIpc) is 2.87. The lowest BCUT2D eigenvalue weighted by Gasteiger charge is -2.54. The number of aliphatic hydroxyl groups is 2. The van der Waals surface area contributed by atoms with Crippen molar-refractivity contribution in [2.24, 2.45) is 17.3 Å². The number of fused-ring (bicyclic) bond motifs is 5. The molecule has 24 heavy (non-hydrogen) atoms. The van der Waals surface area contributed by atoms with Crippen molar-refractivity contribution in [3.05, 3.63) is 29.3 Å². The fourth-order valence-corrected chi connectivity index (χ4v) is 6.42. The van der Waals surface area contributed by atoms with Gasteiger partial charge in [0.2, 0.25) is 0 Å². The van der Waals surface area contributed by atoms with Crippen LogP contribution in [-0.4, -0.2) is 29.0 Å². The molecule has 0 heterocycles. The zero-order valence-corrected chi connectivity index (χ0v) is 15.1. The van der Waals surface area contributed by atoms with E-state index in [2.05, 4.69) is 25.1 Å². The summed E-state index contributed by atoms with van der Waals surface area (Å²) in [5.41, 5.74) is 1.89. The van der Waals surface area contributed by atoms with Gasteiger partial charge in [0.25, 0.3) is 0 Å². The van der Waals surface area contributed by atoms with E-state index in [4.69, 9.17) is 4.74 Å². The van der Waals surface area contributed by atoms with Crippen molar-refractivity contribution in [3.63, 3.8) is 0 Å². The first-order valence-corrected chi connectivity index (χ1v) is 9.48. The Labute approximate surface area is 145 Å². The summed E-state index contributed by atoms with van der Waals surface area (Å²) < 4.78 is 5.39. The van der Waals surface area contributed by atoms with Gasteiger partial charge in [-0.3, -0.25) is 0 Å². The van der Waals surface area contributed by atoms with Gasteiger partial charge < -0.3 is 14.9 Å². The molecule has 3 aliphatic carbocycles. The summed E-state index contributed by atoms with van der Waals surface area (Å²) in [6.45, 7) is 4.00. The summed E-state index contributed by atoms with van der Waals surface area (Å²) >= 11 is 0. The van der Waals surface area contributed by atoms with Gasteiger partial charge in [0.15, 0.2) is 0 Å². The first kappa shape index (κ1) is 16.4. The summed E-state index contributed by atoms with van der Waals surface area (Å²) in [5, 5.41) is 21.5. The van der Waals surface area contributed by atoms with Crippen molar-refractivity contribution >= 4 is 0 Å². The quantitative estimate of drug-likeness (QED) is 0.870. The van der Waals surface area contributed by atoms with E-state index >= 15 is 0 Å². The Balaban J connectivity index is 1.68. The SMILES string of the molecule is COc1ccc2c(c1)CC[C@@H]1[C@@H]2CC[C@@]2(C)[C@H]1CC[C@]2(O)[C@H](C)O. The highest BCUT2D eigenvalue weighted by molar-refractivity contribution is 5.41. The molecule has 3 nitrogen and oxygen atoms in total. The van der Waals surface area contributed by atoms with Crippen LogP contribution >= 0.6 is 0 Å². The van der Waals surface area contributed by atoms with Crippen molar-refractivity contribution in [2.45, 2.75) is 70.0 Å². The summed E-state index contributed by atoms with van der Waals surface area (Å²) in [7, 11) is 1.73. The van der Waals surface area contributed by atoms with Gasteiger partial charge in [0.1, 0.15) is 5.75 Å². The Hall–Kier alpha value is -1.06. The zero-order valence-electron chi connectivity index (χ0n) is 15.1. The summed E-state index contributed by atoms with van der Waals surface area (Å²) in [6, 6.07) is 6.57. The van der Waals surface area contributed by atoms with E-state index in [-0.39, 0.29) is 5.41 Å². The zero-order chi connectivity index (χ0) is 17.1. The maximum atomic E-state index is 11.2. The molecule has 0 aromatic heterocycles. The minimum absolute atomic E-state index is 0.147. The van der Waals surface area contributed by atoms with Gasteiger partial charge in [-0.05, 0) is 86.5 Å². The van der Waals surface area contributed by atoms with Crippen molar-refractivity contribution in [1.29, 1.82) is 0 Å². The topological polar surface area (TPSA) is 49.7 Å². The fraction of sp³-hybridized carbons (Fsp3) is 0.714. The number of aryl methyl sites for hydroxylation is 1. The molecule has 0 aliphatic heterocycles. The number of rotatable bonds is 2. The average molecular weight is 330 g/mol. The molecule has 0 radical (unpaired) electrons. The molecule has 0 spiro atoms. The van der Waals surface area contributed by atoms with Crippen LogP contribution in [0.5, 0.6) is 5.75 Å². The third-order valence-electron chi connectivity index (χ3n) is 7.84. The standard InChI is InChI=1S/C21H30O3/c1-13(22)21(23)11-9-19-18-6-4-14-12-15(24-3)5-7-16(14)17(18)8-10-20(19,21)2/h5,7,12-13,17-19,22-23H,4,6,8-11H2,1-3H3/t13-,17+,18+,19-,20-,21-/m0/s1. The second-order valence-electron chi connectivity index (χ2n) is 8.58. The van der Waals surface area contributed by atoms with E-state index in [1.807, 2.05) is 0 Å². The van der Waals surface area contributed by atoms with Gasteiger partial charge in [-0.1, -0.05) is 13.0 Å². The lowest BCUT2D eigenvalue weighted by atomic mass is 9.52. The number of aliphatic hydroxyl groups excluding tert-OH is 1. The molecule has 2 fully saturated rings. The Morgan fingerprint density at radius 3 is 2.71 bits per heavy atom. The van der Waals surface area contributed by atoms with Crippen LogP contribution < -0.4 is 4.74 Å². The number of ether oxygens (including phenoxy) is 1. The van der Waals surface area contributed by atoms with Crippen molar-refractivity contribution in [2.75, 3.05) is 7.11 Å². The predicted molar refractivity (Wildman–Crippen MR) is 94.2 cm³/mol. The maximum absolute atomic E-state index is 11.2. The first-order valence-electron chi connectivity index (χ1n) is 9.48. The Morgan fingerprint density at radius 2 is 2.00 bits per heavy atom. The molecule has 1 aromatic rings. The predicted octanol–water partition coefficient (Wildman–Crippen LogP) is 3.66. The lowest BCUT2D eigenvalue weighted by Crippen LogP contribution is -2.55. The molecule has 2 saturated carbocycles. The van der Waals surface area contributed by atoms with Crippen molar-refractivity contribution in [1.82, 2.24) is 0 Å². The second-order valence-corrected chi connectivity index (χ2v) is 8.58. The van der Waals surface area contributed by atoms with E-state index in [0.717, 1.165) is 37.9 Å². The van der Waals surface area contributed by atoms with Crippen molar-refractivity contribution in [3.8, 4) is 5.75 Å². The molecule has 132 valence electrons. The fourth-order valence-electron chi connectivity index (χ4n) is 6.42. The van der Waals surface area contributed by atoms with Gasteiger partial charge in [-0.25, -0.2) is 0 Å². The third kappa shape index (κ3) is 2.04. The van der Waals surface area contributed by atoms with Crippen LogP contribution in [-0.2, 0) is 6.42 Å². The van der Waals surface area contributed by atoms with Crippen LogP contribution in [0.4, 0.5) is 0 Å². The summed E-state index contributed by atoms with van der Waals surface area (Å²) in [5.74, 6) is 2.72. The maximum Gasteiger partial charge on any atom is 0.119 e. The normalized spacial score (nSPS) is 42.0. The summed E-state index contributed by atoms with van der Waals surface area (Å²) in [4.78, 5) is 0. The number of methoxy groups -OCH3 is 1. The highest BCUT2D eigenvalue weighted by atomic mass is 16.5. The number of hydrogen-bond acceptors (Lipinski definition) is 3. The van der Waals surface area contributed by atoms with E-state index in [1.54, 1.807) is 14.0 Å². The first-order chi connectivity index (χ1) is 11.4. The molecule has 0 unspecified atom stereocenters. The number of hydrogen-bond donors (Lipinski definition) is 2. The van der Waals surface area contributed by atoms with Crippen LogP contribution in [0, 0.1) is 17.3 Å². The van der Waals surface area contributed by atoms with E-state index in [1.165, 1.54) is 17.5 Å². The number of benzene rings is 1. The minimum atomic E-state index is -0.914. The van der Waals surface area contributed by atoms with Crippen LogP contribution in [0.25, 0.3) is 0 Å². The summed E-state index contributed by atoms with van der Waals surface area (Å²) in [6.07, 6.45) is 5.56. The molecule has 0 bridgehead atoms. The molecule has 3 aliphatic rings. The molecule has 1 aromatic carbocycles. The van der Waals surface area contributed by atoms with Gasteiger partial charge in [0, 0.05) is 5.41 Å². The van der Waals surface area contributed by atoms with Gasteiger partial charge in [0.05, 0.1) is 18.8 Å². The smallest absolute Gasteiger partial charge is 0.119 e. The highest BCUT2D eigenvalue weighted by Crippen LogP contribution is 2.65. The van der Waals surface area contributed by atoms with E-state index in [0.29, 0.717) is 17.8 Å². The molecule has 2 N–H and O–H groups in total. The van der Waals surface area contributed by atoms with E-state index < -0.39 is 11.7 Å². The molecule has 4 rings (SSSR count). The second kappa shape index (κ2) is 5.47. The van der Waals surface area contributed by atoms with Gasteiger partial charge >= 0.3 is 0 Å². The van der Waals surface area contributed by atoms with Crippen LogP contribution in [0.15, 0.2) is 18.2 Å².